The van der Waals surface area contributed by atoms with Crippen molar-refractivity contribution in [1.82, 2.24) is 9.55 Å². The van der Waals surface area contributed by atoms with Gasteiger partial charge in [0.15, 0.2) is 12.3 Å². The molecule has 0 amide bonds. The molecular weight excluding hydrogens is 985 g/mol. The van der Waals surface area contributed by atoms with Gasteiger partial charge in [0.05, 0.1) is 19.3 Å². The standard InChI is InChI=1S/C52H87N3O16P2/c1-4-43(56)34-30-26-22-18-14-10-6-8-11-15-19-23-27-31-35-47(57)66-39-44(69-48(58)36-32-28-24-20-16-12-7-5-9-13-17-21-25-29-33-42(2)3)40-67-72(62,63)71-73(64,65)68-41-45-49(59)50(60)51(70-45)55-38-37-46(53)54-52(55)61/h8,10-11,14,19,22-23,26,30,34,37-38,42-45,49-51,56,59-60H,4-7,9,12-13,15-18,20-21,24-25,27-29,31-33,35-36,39-41H2,1-3H3,(H,62,63)(H,64,65)(H2,53,54,61)/b11-8-,14-10-,23-19-,26-22-,34-30+/t43-,44+,45+,49+,50+,51+/m0/s1. The molecule has 0 spiro atoms. The number of aromatic nitrogens is 2. The molecule has 21 heteroatoms. The highest BCUT2D eigenvalue weighted by atomic mass is 31.3. The minimum atomic E-state index is -5.44. The number of phosphoric ester groups is 2. The van der Waals surface area contributed by atoms with E-state index in [1.54, 1.807) is 6.08 Å². The monoisotopic (exact) mass is 1070 g/mol. The maximum Gasteiger partial charge on any atom is 0.481 e. The summed E-state index contributed by atoms with van der Waals surface area (Å²) in [6, 6.07) is 1.24. The molecule has 1 saturated heterocycles. The lowest BCUT2D eigenvalue weighted by molar-refractivity contribution is -0.161. The molecular formula is C52H87N3O16P2. The van der Waals surface area contributed by atoms with Crippen molar-refractivity contribution in [3.8, 4) is 0 Å². The Morgan fingerprint density at radius 2 is 1.30 bits per heavy atom. The van der Waals surface area contributed by atoms with Gasteiger partial charge >= 0.3 is 33.3 Å². The lowest BCUT2D eigenvalue weighted by atomic mass is 10.0. The molecule has 1 aromatic rings. The van der Waals surface area contributed by atoms with Crippen LogP contribution in [0.15, 0.2) is 77.8 Å². The second-order valence-electron chi connectivity index (χ2n) is 18.7. The van der Waals surface area contributed by atoms with Gasteiger partial charge in [-0.05, 0) is 56.9 Å². The number of hydrogen-bond donors (Lipinski definition) is 6. The molecule has 0 saturated carbocycles. The number of nitrogen functional groups attached to an aromatic ring is 1. The van der Waals surface area contributed by atoms with Gasteiger partial charge in [-0.1, -0.05) is 171 Å². The minimum absolute atomic E-state index is 0.0309. The summed E-state index contributed by atoms with van der Waals surface area (Å²) in [5.41, 5.74) is 4.58. The Balaban J connectivity index is 1.81. The van der Waals surface area contributed by atoms with Gasteiger partial charge in [-0.3, -0.25) is 23.2 Å². The Labute approximate surface area is 433 Å². The van der Waals surface area contributed by atoms with E-state index in [1.807, 2.05) is 43.4 Å². The number of hydrogen-bond acceptors (Lipinski definition) is 16. The Bertz CT molecular complexity index is 1990. The fourth-order valence-corrected chi connectivity index (χ4v) is 9.60. The molecule has 19 nitrogen and oxygen atoms in total. The zero-order valence-corrected chi connectivity index (χ0v) is 45.2. The smallest absolute Gasteiger partial charge is 0.462 e. The molecule has 0 bridgehead atoms. The van der Waals surface area contributed by atoms with Gasteiger partial charge in [0.2, 0.25) is 0 Å². The number of rotatable bonds is 42. The summed E-state index contributed by atoms with van der Waals surface area (Å²) in [6.45, 7) is 4.09. The lowest BCUT2D eigenvalue weighted by Crippen LogP contribution is -2.36. The zero-order valence-electron chi connectivity index (χ0n) is 43.4. The molecule has 8 atom stereocenters. The quantitative estimate of drug-likeness (QED) is 0.0117. The van der Waals surface area contributed by atoms with Crippen LogP contribution >= 0.6 is 15.6 Å². The molecule has 1 aliphatic heterocycles. The first kappa shape index (κ1) is 65.5. The number of unbranched alkanes of at least 4 members (excludes halogenated alkanes) is 14. The van der Waals surface area contributed by atoms with E-state index < -0.39 is 89.8 Å². The number of aliphatic hydroxyl groups is 3. The summed E-state index contributed by atoms with van der Waals surface area (Å²) in [7, 11) is -10.9. The molecule has 1 fully saturated rings. The fraction of sp³-hybridized carbons (Fsp3) is 0.692. The van der Waals surface area contributed by atoms with Crippen molar-refractivity contribution in [3.05, 3.63) is 83.5 Å². The number of phosphoric acid groups is 2. The van der Waals surface area contributed by atoms with Crippen LogP contribution in [-0.2, 0) is 46.3 Å². The SMILES string of the molecule is CC[C@H](O)/C=C/C=C\C/C=C\C/C=C\C/C=C\CCCC(=O)OC[C@H](COP(=O)(O)OP(=O)(O)OC[C@H]1O[C@@H](n2ccc(N)nc2=O)[C@H](O)[C@@H]1O)OC(=O)CCCCCCCCCCCCCCCCC(C)C. The average molecular weight is 1070 g/mol. The third-order valence-corrected chi connectivity index (χ3v) is 14.3. The van der Waals surface area contributed by atoms with Crippen LogP contribution in [0.3, 0.4) is 0 Å². The number of esters is 2. The molecule has 0 radical (unpaired) electrons. The molecule has 0 aliphatic carbocycles. The summed E-state index contributed by atoms with van der Waals surface area (Å²) in [5.74, 6) is -0.601. The van der Waals surface area contributed by atoms with Crippen LogP contribution in [0.4, 0.5) is 5.82 Å². The van der Waals surface area contributed by atoms with Crippen molar-refractivity contribution in [2.75, 3.05) is 25.6 Å². The molecule has 2 rings (SSSR count). The number of anilines is 1. The van der Waals surface area contributed by atoms with Crippen molar-refractivity contribution in [1.29, 1.82) is 0 Å². The number of carbonyl (C=O) groups excluding carboxylic acids is 2. The van der Waals surface area contributed by atoms with E-state index in [0.717, 1.165) is 61.6 Å². The first-order chi connectivity index (χ1) is 34.9. The van der Waals surface area contributed by atoms with E-state index in [0.29, 0.717) is 25.7 Å². The van der Waals surface area contributed by atoms with Gasteiger partial charge in [-0.25, -0.2) is 13.9 Å². The first-order valence-electron chi connectivity index (χ1n) is 26.3. The Morgan fingerprint density at radius 3 is 1.89 bits per heavy atom. The minimum Gasteiger partial charge on any atom is -0.462 e. The molecule has 1 aromatic heterocycles. The molecule has 2 unspecified atom stereocenters. The number of carbonyl (C=O) groups is 2. The maximum atomic E-state index is 12.9. The second kappa shape index (κ2) is 38.9. The Morgan fingerprint density at radius 1 is 0.753 bits per heavy atom. The van der Waals surface area contributed by atoms with Crippen molar-refractivity contribution >= 4 is 33.4 Å². The van der Waals surface area contributed by atoms with Crippen LogP contribution < -0.4 is 11.4 Å². The third-order valence-electron chi connectivity index (χ3n) is 11.7. The van der Waals surface area contributed by atoms with Gasteiger partial charge in [0, 0.05) is 19.0 Å². The molecule has 7 N–H and O–H groups in total. The fourth-order valence-electron chi connectivity index (χ4n) is 7.49. The van der Waals surface area contributed by atoms with Crippen molar-refractivity contribution in [2.24, 2.45) is 5.92 Å². The highest BCUT2D eigenvalue weighted by Crippen LogP contribution is 2.60. The maximum absolute atomic E-state index is 12.9. The van der Waals surface area contributed by atoms with Crippen molar-refractivity contribution in [2.45, 2.75) is 205 Å². The summed E-state index contributed by atoms with van der Waals surface area (Å²) in [6.07, 6.45) is 34.0. The molecule has 416 valence electrons. The number of aliphatic hydroxyl groups excluding tert-OH is 3. The van der Waals surface area contributed by atoms with E-state index >= 15 is 0 Å². The number of allylic oxidation sites excluding steroid dienone is 9. The normalized spacial score (nSPS) is 20.0. The summed E-state index contributed by atoms with van der Waals surface area (Å²) < 4.78 is 56.8. The topological polar surface area (TPSA) is 286 Å². The van der Waals surface area contributed by atoms with Crippen LogP contribution in [0.25, 0.3) is 0 Å². The van der Waals surface area contributed by atoms with Gasteiger partial charge in [-0.2, -0.15) is 9.29 Å². The third kappa shape index (κ3) is 32.5. The van der Waals surface area contributed by atoms with Crippen LogP contribution in [0.2, 0.25) is 0 Å². The van der Waals surface area contributed by atoms with E-state index in [2.05, 4.69) is 41.4 Å². The molecule has 73 heavy (non-hydrogen) atoms. The van der Waals surface area contributed by atoms with Gasteiger partial charge in [0.1, 0.15) is 30.7 Å². The number of nitrogens with two attached hydrogens (primary N) is 1. The molecule has 0 aromatic carbocycles. The van der Waals surface area contributed by atoms with Crippen molar-refractivity contribution in [3.63, 3.8) is 0 Å². The number of nitrogens with zero attached hydrogens (tertiary/aromatic N) is 2. The van der Waals surface area contributed by atoms with Crippen LogP contribution in [0.1, 0.15) is 175 Å². The lowest BCUT2D eigenvalue weighted by Gasteiger charge is -2.21. The average Bonchev–Trinajstić information content (AvgIpc) is 3.62. The van der Waals surface area contributed by atoms with E-state index in [4.69, 9.17) is 29.0 Å². The van der Waals surface area contributed by atoms with E-state index in [-0.39, 0.29) is 18.7 Å². The van der Waals surface area contributed by atoms with Crippen LogP contribution in [0.5, 0.6) is 0 Å². The Hall–Kier alpha value is -3.58. The highest BCUT2D eigenvalue weighted by molar-refractivity contribution is 7.61. The summed E-state index contributed by atoms with van der Waals surface area (Å²) >= 11 is 0. The zero-order chi connectivity index (χ0) is 53.7. The van der Waals surface area contributed by atoms with Crippen LogP contribution in [0, 0.1) is 5.92 Å². The largest absolute Gasteiger partial charge is 0.481 e. The number of ether oxygens (including phenoxy) is 3. The van der Waals surface area contributed by atoms with E-state index in [9.17, 15) is 48.6 Å². The van der Waals surface area contributed by atoms with Gasteiger partial charge in [0.25, 0.3) is 0 Å². The second-order valence-corrected chi connectivity index (χ2v) is 21.7. The molecule has 2 heterocycles. The summed E-state index contributed by atoms with van der Waals surface area (Å²) in [4.78, 5) is 62.0. The predicted octanol–water partition coefficient (Wildman–Crippen LogP) is 9.94. The van der Waals surface area contributed by atoms with E-state index in [1.165, 1.54) is 70.3 Å². The van der Waals surface area contributed by atoms with Crippen molar-refractivity contribution < 1.29 is 71.4 Å². The van der Waals surface area contributed by atoms with Crippen LogP contribution in [-0.4, -0.2) is 96.9 Å². The highest BCUT2D eigenvalue weighted by Gasteiger charge is 2.46. The summed E-state index contributed by atoms with van der Waals surface area (Å²) in [5, 5.41) is 30.4. The van der Waals surface area contributed by atoms with Gasteiger partial charge in [-0.15, -0.1) is 0 Å². The first-order valence-corrected chi connectivity index (χ1v) is 29.3. The molecule has 1 aliphatic rings. The van der Waals surface area contributed by atoms with Gasteiger partial charge < -0.3 is 45.1 Å². The Kier molecular flexibility index (Phi) is 34.9. The predicted molar refractivity (Wildman–Crippen MR) is 281 cm³/mol.